The molecule has 2 aromatic heterocycles. The van der Waals surface area contributed by atoms with E-state index in [9.17, 15) is 13.2 Å². The van der Waals surface area contributed by atoms with E-state index in [1.54, 1.807) is 6.20 Å². The lowest BCUT2D eigenvalue weighted by Gasteiger charge is -2.11. The highest BCUT2D eigenvalue weighted by molar-refractivity contribution is 7.80. The van der Waals surface area contributed by atoms with Gasteiger partial charge in [-0.2, -0.15) is 23.4 Å². The highest BCUT2D eigenvalue weighted by atomic mass is 35.5. The lowest BCUT2D eigenvalue weighted by Crippen LogP contribution is -2.35. The fourth-order valence-electron chi connectivity index (χ4n) is 2.90. The number of nitrogens with one attached hydrogen (secondary N) is 2. The van der Waals surface area contributed by atoms with E-state index in [4.69, 9.17) is 23.8 Å². The molecule has 0 spiro atoms. The molecular weight excluding hydrogens is 413 g/mol. The van der Waals surface area contributed by atoms with Crippen LogP contribution >= 0.6 is 23.8 Å². The van der Waals surface area contributed by atoms with Crippen molar-refractivity contribution in [3.63, 3.8) is 0 Å². The molecule has 2 heterocycles. The molecule has 0 saturated heterocycles. The van der Waals surface area contributed by atoms with Gasteiger partial charge in [-0.1, -0.05) is 11.6 Å². The van der Waals surface area contributed by atoms with E-state index in [2.05, 4.69) is 20.8 Å². The molecule has 0 bridgehead atoms. The zero-order chi connectivity index (χ0) is 20.3. The molecule has 1 aliphatic carbocycles. The molecule has 0 unspecified atom stereocenters. The number of thiocarbonyl (C=S) groups is 1. The smallest absolute Gasteiger partial charge is 0.363 e. The molecule has 2 aromatic rings. The van der Waals surface area contributed by atoms with Crippen LogP contribution in [0.3, 0.4) is 0 Å². The maximum absolute atomic E-state index is 13.1. The quantitative estimate of drug-likeness (QED) is 0.490. The molecular formula is C17H22ClF3N6S. The highest BCUT2D eigenvalue weighted by Crippen LogP contribution is 2.46. The van der Waals surface area contributed by atoms with Crippen LogP contribution in [-0.2, 0) is 25.8 Å². The monoisotopic (exact) mass is 434 g/mol. The normalized spacial score (nSPS) is 14.3. The number of alkyl halides is 3. The van der Waals surface area contributed by atoms with Crippen molar-refractivity contribution < 1.29 is 13.2 Å². The molecule has 0 aliphatic heterocycles. The molecule has 0 atom stereocenters. The molecule has 0 aromatic carbocycles. The molecule has 1 saturated carbocycles. The van der Waals surface area contributed by atoms with E-state index in [-0.39, 0.29) is 10.9 Å². The summed E-state index contributed by atoms with van der Waals surface area (Å²) in [4.78, 5) is 0. The lowest BCUT2D eigenvalue weighted by atomic mass is 10.2. The van der Waals surface area contributed by atoms with Gasteiger partial charge in [0.15, 0.2) is 10.8 Å². The van der Waals surface area contributed by atoms with Gasteiger partial charge in [0.25, 0.3) is 0 Å². The highest BCUT2D eigenvalue weighted by Gasteiger charge is 2.41. The Morgan fingerprint density at radius 1 is 1.36 bits per heavy atom. The van der Waals surface area contributed by atoms with Gasteiger partial charge in [0.1, 0.15) is 0 Å². The first-order chi connectivity index (χ1) is 13.3. The molecule has 3 rings (SSSR count). The van der Waals surface area contributed by atoms with Gasteiger partial charge in [-0.25, -0.2) is 0 Å². The molecule has 6 nitrogen and oxygen atoms in total. The first-order valence-electron chi connectivity index (χ1n) is 9.16. The lowest BCUT2D eigenvalue weighted by molar-refractivity contribution is -0.141. The van der Waals surface area contributed by atoms with Crippen LogP contribution in [-0.4, -0.2) is 31.2 Å². The van der Waals surface area contributed by atoms with Gasteiger partial charge in [-0.05, 0) is 38.4 Å². The number of hydrogen-bond donors (Lipinski definition) is 2. The minimum Gasteiger partial charge on any atom is -0.363 e. The Bertz CT molecular complexity index is 827. The van der Waals surface area contributed by atoms with Gasteiger partial charge in [0.2, 0.25) is 0 Å². The van der Waals surface area contributed by atoms with Crippen LogP contribution in [0.4, 0.5) is 13.2 Å². The third-order valence-corrected chi connectivity index (χ3v) is 5.12. The summed E-state index contributed by atoms with van der Waals surface area (Å²) in [5, 5.41) is 14.3. The van der Waals surface area contributed by atoms with Crippen molar-refractivity contribution in [3.05, 3.63) is 34.4 Å². The summed E-state index contributed by atoms with van der Waals surface area (Å²) in [7, 11) is 0. The van der Waals surface area contributed by atoms with E-state index in [1.165, 1.54) is 4.68 Å². The summed E-state index contributed by atoms with van der Waals surface area (Å²) in [6, 6.07) is 0. The van der Waals surface area contributed by atoms with Crippen molar-refractivity contribution in [2.75, 3.05) is 6.54 Å². The van der Waals surface area contributed by atoms with Crippen LogP contribution in [0.2, 0.25) is 5.02 Å². The van der Waals surface area contributed by atoms with Gasteiger partial charge < -0.3 is 10.6 Å². The molecule has 0 amide bonds. The van der Waals surface area contributed by atoms with E-state index in [0.29, 0.717) is 36.9 Å². The molecule has 154 valence electrons. The predicted molar refractivity (Wildman–Crippen MR) is 104 cm³/mol. The van der Waals surface area contributed by atoms with E-state index in [1.807, 2.05) is 17.8 Å². The van der Waals surface area contributed by atoms with Gasteiger partial charge in [0, 0.05) is 43.9 Å². The predicted octanol–water partition coefficient (Wildman–Crippen LogP) is 3.70. The molecule has 1 aliphatic rings. The van der Waals surface area contributed by atoms with E-state index >= 15 is 0 Å². The van der Waals surface area contributed by atoms with Crippen molar-refractivity contribution in [2.24, 2.45) is 0 Å². The van der Waals surface area contributed by atoms with Crippen LogP contribution in [0.15, 0.2) is 12.4 Å². The average molecular weight is 435 g/mol. The Morgan fingerprint density at radius 3 is 2.71 bits per heavy atom. The van der Waals surface area contributed by atoms with Crippen molar-refractivity contribution >= 4 is 28.9 Å². The standard InChI is InChI=1S/C17H22ClF3N6S/c1-2-26-10-11(9-24-26)8-23-16(28)22-6-3-7-27-14(12-4-5-12)13(18)15(25-27)17(19,20)21/h9-10,12H,2-8H2,1H3,(H2,22,23,28). The maximum Gasteiger partial charge on any atom is 0.436 e. The summed E-state index contributed by atoms with van der Waals surface area (Å²) in [5.41, 5.74) is 0.530. The molecule has 0 radical (unpaired) electrons. The summed E-state index contributed by atoms with van der Waals surface area (Å²) < 4.78 is 42.4. The fraction of sp³-hybridized carbons (Fsp3) is 0.588. The number of halogens is 4. The summed E-state index contributed by atoms with van der Waals surface area (Å²) in [5.74, 6) is 0.0795. The number of aryl methyl sites for hydroxylation is 2. The SMILES string of the molecule is CCn1cc(CNC(=S)NCCCn2nc(C(F)(F)F)c(Cl)c2C2CC2)cn1. The Kier molecular flexibility index (Phi) is 6.49. The van der Waals surface area contributed by atoms with Crippen LogP contribution in [0, 0.1) is 0 Å². The minimum absolute atomic E-state index is 0.0795. The van der Waals surface area contributed by atoms with Crippen LogP contribution in [0.1, 0.15) is 49.1 Å². The molecule has 28 heavy (non-hydrogen) atoms. The maximum atomic E-state index is 13.1. The third-order valence-electron chi connectivity index (χ3n) is 4.46. The number of aromatic nitrogens is 4. The van der Waals surface area contributed by atoms with E-state index in [0.717, 1.165) is 24.9 Å². The molecule has 11 heteroatoms. The Morgan fingerprint density at radius 2 is 2.11 bits per heavy atom. The second-order valence-electron chi connectivity index (χ2n) is 6.71. The average Bonchev–Trinajstić information content (AvgIpc) is 3.25. The first kappa shape index (κ1) is 20.9. The van der Waals surface area contributed by atoms with Crippen molar-refractivity contribution in [1.29, 1.82) is 0 Å². The Labute approximate surface area is 171 Å². The van der Waals surface area contributed by atoms with Crippen LogP contribution < -0.4 is 10.6 Å². The summed E-state index contributed by atoms with van der Waals surface area (Å²) in [6.45, 7) is 4.24. The Balaban J connectivity index is 1.46. The van der Waals surface area contributed by atoms with Gasteiger partial charge in [-0.15, -0.1) is 0 Å². The summed E-state index contributed by atoms with van der Waals surface area (Å²) in [6.07, 6.45) is 1.45. The zero-order valence-corrected chi connectivity index (χ0v) is 17.0. The van der Waals surface area contributed by atoms with Crippen molar-refractivity contribution in [1.82, 2.24) is 30.2 Å². The summed E-state index contributed by atoms with van der Waals surface area (Å²) >= 11 is 11.2. The van der Waals surface area contributed by atoms with Crippen LogP contribution in [0.25, 0.3) is 0 Å². The number of rotatable bonds is 8. The number of hydrogen-bond acceptors (Lipinski definition) is 3. The topological polar surface area (TPSA) is 59.7 Å². The fourth-order valence-corrected chi connectivity index (χ4v) is 3.47. The van der Waals surface area contributed by atoms with Crippen molar-refractivity contribution in [3.8, 4) is 0 Å². The van der Waals surface area contributed by atoms with Gasteiger partial charge in [-0.3, -0.25) is 9.36 Å². The zero-order valence-electron chi connectivity index (χ0n) is 15.4. The Hall–Kier alpha value is -1.81. The van der Waals surface area contributed by atoms with Crippen LogP contribution in [0.5, 0.6) is 0 Å². The van der Waals surface area contributed by atoms with Gasteiger partial charge >= 0.3 is 6.18 Å². The molecule has 1 fully saturated rings. The van der Waals surface area contributed by atoms with Crippen molar-refractivity contribution in [2.45, 2.75) is 57.9 Å². The third kappa shape index (κ3) is 5.16. The van der Waals surface area contributed by atoms with E-state index < -0.39 is 11.9 Å². The number of nitrogens with zero attached hydrogens (tertiary/aromatic N) is 4. The minimum atomic E-state index is -4.54. The largest absolute Gasteiger partial charge is 0.436 e. The first-order valence-corrected chi connectivity index (χ1v) is 9.94. The van der Waals surface area contributed by atoms with Gasteiger partial charge in [0.05, 0.1) is 16.9 Å². The molecule has 2 N–H and O–H groups in total. The second kappa shape index (κ2) is 8.69. The second-order valence-corrected chi connectivity index (χ2v) is 7.50.